The predicted molar refractivity (Wildman–Crippen MR) is 321 cm³/mol. The van der Waals surface area contributed by atoms with Crippen LogP contribution in [0.5, 0.6) is 0 Å². The molecule has 6 nitrogen and oxygen atoms in total. The molecule has 0 aromatic rings. The van der Waals surface area contributed by atoms with Gasteiger partial charge in [-0.05, 0) is 44.9 Å². The van der Waals surface area contributed by atoms with Crippen LogP contribution in [-0.4, -0.2) is 37.2 Å². The Bertz CT molecular complexity index is 1150. The van der Waals surface area contributed by atoms with E-state index in [1.54, 1.807) is 0 Å². The molecular weight excluding hydrogens is 913 g/mol. The van der Waals surface area contributed by atoms with Gasteiger partial charge in [0.15, 0.2) is 6.10 Å². The summed E-state index contributed by atoms with van der Waals surface area (Å²) < 4.78 is 16.9. The first-order valence-electron chi connectivity index (χ1n) is 33.7. The Morgan fingerprint density at radius 3 is 0.676 bits per heavy atom. The van der Waals surface area contributed by atoms with Gasteiger partial charge in [0.1, 0.15) is 13.2 Å². The summed E-state index contributed by atoms with van der Waals surface area (Å²) in [4.78, 5) is 38.1. The van der Waals surface area contributed by atoms with E-state index in [0.717, 1.165) is 57.8 Å². The van der Waals surface area contributed by atoms with E-state index >= 15 is 0 Å². The van der Waals surface area contributed by atoms with Gasteiger partial charge in [-0.25, -0.2) is 0 Å². The molecule has 0 amide bonds. The summed E-state index contributed by atoms with van der Waals surface area (Å²) in [6, 6.07) is 0. The van der Waals surface area contributed by atoms with E-state index in [4.69, 9.17) is 14.2 Å². The molecule has 0 saturated heterocycles. The van der Waals surface area contributed by atoms with E-state index in [1.807, 2.05) is 0 Å². The highest BCUT2D eigenvalue weighted by Gasteiger charge is 2.19. The summed E-state index contributed by atoms with van der Waals surface area (Å²) >= 11 is 0. The number of carbonyl (C=O) groups is 3. The molecule has 0 fully saturated rings. The minimum atomic E-state index is -0.762. The van der Waals surface area contributed by atoms with Crippen LogP contribution in [0.3, 0.4) is 0 Å². The van der Waals surface area contributed by atoms with Crippen LogP contribution in [-0.2, 0) is 28.6 Å². The normalized spacial score (nSPS) is 12.0. The third-order valence-electron chi connectivity index (χ3n) is 15.5. The number of rotatable bonds is 63. The maximum absolute atomic E-state index is 12.8. The van der Waals surface area contributed by atoms with Crippen molar-refractivity contribution in [3.63, 3.8) is 0 Å². The van der Waals surface area contributed by atoms with Crippen LogP contribution in [0, 0.1) is 0 Å². The maximum atomic E-state index is 12.8. The number of hydrogen-bond donors (Lipinski definition) is 0. The highest BCUT2D eigenvalue weighted by molar-refractivity contribution is 5.71. The fourth-order valence-electron chi connectivity index (χ4n) is 10.4. The topological polar surface area (TPSA) is 78.9 Å². The van der Waals surface area contributed by atoms with Gasteiger partial charge in [-0.2, -0.15) is 0 Å². The van der Waals surface area contributed by atoms with Crippen LogP contribution in [0.15, 0.2) is 12.2 Å². The van der Waals surface area contributed by atoms with Crippen molar-refractivity contribution in [2.45, 2.75) is 393 Å². The number of allylic oxidation sites excluding steroid dienone is 2. The molecule has 0 rings (SSSR count). The third-order valence-corrected chi connectivity index (χ3v) is 15.5. The first-order valence-corrected chi connectivity index (χ1v) is 33.7. The summed E-state index contributed by atoms with van der Waals surface area (Å²) in [5, 5.41) is 0. The molecule has 0 radical (unpaired) electrons. The second-order valence-electron chi connectivity index (χ2n) is 23.1. The quantitative estimate of drug-likeness (QED) is 0.0261. The monoisotopic (exact) mass is 1040 g/mol. The summed E-state index contributed by atoms with van der Waals surface area (Å²) in [5.41, 5.74) is 0. The smallest absolute Gasteiger partial charge is 0.306 e. The largest absolute Gasteiger partial charge is 0.462 e. The number of unbranched alkanes of at least 4 members (excludes halogenated alkanes) is 50. The number of ether oxygens (including phenoxy) is 3. The lowest BCUT2D eigenvalue weighted by Gasteiger charge is -2.18. The van der Waals surface area contributed by atoms with Crippen LogP contribution in [0.4, 0.5) is 0 Å². The standard InChI is InChI=1S/C68H130O6/c1-4-7-10-13-16-19-22-24-25-26-27-28-29-30-31-32-33-34-35-36-37-38-39-40-41-42-43-45-46-49-52-55-58-61-67(70)73-64-65(63-72-66(69)60-57-54-51-48-21-18-15-12-9-6-3)74-68(71)62-59-56-53-50-47-44-23-20-17-14-11-8-5-2/h26-27,65H,4-25,28-64H2,1-3H3/b27-26-. The van der Waals surface area contributed by atoms with Crippen molar-refractivity contribution in [2.75, 3.05) is 13.2 Å². The average molecular weight is 1040 g/mol. The summed E-state index contributed by atoms with van der Waals surface area (Å²) in [7, 11) is 0. The SMILES string of the molecule is CCCCCCCCCC/C=C\CCCCCCCCCCCCCCCCCCCCCCCC(=O)OCC(COC(=O)CCCCCCCCCCCC)OC(=O)CCCCCCCCCCCCCCC. The van der Waals surface area contributed by atoms with Gasteiger partial charge in [0, 0.05) is 19.3 Å². The van der Waals surface area contributed by atoms with Gasteiger partial charge < -0.3 is 14.2 Å². The lowest BCUT2D eigenvalue weighted by Crippen LogP contribution is -2.30. The molecule has 0 aliphatic carbocycles. The van der Waals surface area contributed by atoms with E-state index in [9.17, 15) is 14.4 Å². The number of carbonyl (C=O) groups excluding carboxylic acids is 3. The lowest BCUT2D eigenvalue weighted by molar-refractivity contribution is -0.167. The Morgan fingerprint density at radius 2 is 0.446 bits per heavy atom. The Balaban J connectivity index is 3.97. The number of esters is 3. The third kappa shape index (κ3) is 61.0. The minimum absolute atomic E-state index is 0.0625. The fourth-order valence-corrected chi connectivity index (χ4v) is 10.4. The molecule has 6 heteroatoms. The van der Waals surface area contributed by atoms with Gasteiger partial charge in [0.25, 0.3) is 0 Å². The van der Waals surface area contributed by atoms with Gasteiger partial charge in [-0.15, -0.1) is 0 Å². The van der Waals surface area contributed by atoms with Gasteiger partial charge in [0.05, 0.1) is 0 Å². The summed E-state index contributed by atoms with van der Waals surface area (Å²) in [6.45, 7) is 6.69. The van der Waals surface area contributed by atoms with Crippen molar-refractivity contribution >= 4 is 17.9 Å². The van der Waals surface area contributed by atoms with Crippen LogP contribution < -0.4 is 0 Å². The van der Waals surface area contributed by atoms with Crippen molar-refractivity contribution in [3.8, 4) is 0 Å². The van der Waals surface area contributed by atoms with E-state index in [1.165, 1.54) is 289 Å². The van der Waals surface area contributed by atoms with Gasteiger partial charge in [-0.3, -0.25) is 14.4 Å². The molecule has 0 aromatic heterocycles. The molecule has 0 aliphatic heterocycles. The van der Waals surface area contributed by atoms with Crippen molar-refractivity contribution in [3.05, 3.63) is 12.2 Å². The molecule has 0 bridgehead atoms. The predicted octanol–water partition coefficient (Wildman–Crippen LogP) is 22.8. The van der Waals surface area contributed by atoms with E-state index < -0.39 is 6.10 Å². The molecule has 1 unspecified atom stereocenters. The maximum Gasteiger partial charge on any atom is 0.306 e. The molecule has 0 saturated carbocycles. The molecular formula is C68H130O6. The van der Waals surface area contributed by atoms with Crippen molar-refractivity contribution in [2.24, 2.45) is 0 Å². The molecule has 438 valence electrons. The van der Waals surface area contributed by atoms with Crippen LogP contribution in [0.2, 0.25) is 0 Å². The highest BCUT2D eigenvalue weighted by Crippen LogP contribution is 2.18. The second-order valence-corrected chi connectivity index (χ2v) is 23.1. The zero-order chi connectivity index (χ0) is 53.6. The molecule has 1 atom stereocenters. The van der Waals surface area contributed by atoms with Crippen molar-refractivity contribution in [1.29, 1.82) is 0 Å². The fraction of sp³-hybridized carbons (Fsp3) is 0.926. The molecule has 74 heavy (non-hydrogen) atoms. The van der Waals surface area contributed by atoms with Crippen LogP contribution in [0.1, 0.15) is 387 Å². The highest BCUT2D eigenvalue weighted by atomic mass is 16.6. The average Bonchev–Trinajstić information content (AvgIpc) is 3.40. The molecule has 0 N–H and O–H groups in total. The van der Waals surface area contributed by atoms with E-state index in [2.05, 4.69) is 32.9 Å². The second kappa shape index (κ2) is 63.7. The number of hydrogen-bond acceptors (Lipinski definition) is 6. The van der Waals surface area contributed by atoms with Crippen LogP contribution >= 0.6 is 0 Å². The molecule has 0 heterocycles. The molecule has 0 aromatic carbocycles. The minimum Gasteiger partial charge on any atom is -0.462 e. The Labute approximate surface area is 462 Å². The van der Waals surface area contributed by atoms with Crippen LogP contribution in [0.25, 0.3) is 0 Å². The van der Waals surface area contributed by atoms with E-state index in [0.29, 0.717) is 19.3 Å². The van der Waals surface area contributed by atoms with Gasteiger partial charge in [0.2, 0.25) is 0 Å². The lowest BCUT2D eigenvalue weighted by atomic mass is 10.0. The first-order chi connectivity index (χ1) is 36.5. The summed E-state index contributed by atoms with van der Waals surface area (Å²) in [5.74, 6) is -0.836. The van der Waals surface area contributed by atoms with Gasteiger partial charge in [-0.1, -0.05) is 335 Å². The van der Waals surface area contributed by atoms with Crippen molar-refractivity contribution < 1.29 is 28.6 Å². The zero-order valence-electron chi connectivity index (χ0n) is 50.4. The first kappa shape index (κ1) is 72.2. The zero-order valence-corrected chi connectivity index (χ0v) is 50.4. The Hall–Kier alpha value is -1.85. The Morgan fingerprint density at radius 1 is 0.257 bits per heavy atom. The van der Waals surface area contributed by atoms with E-state index in [-0.39, 0.29) is 31.1 Å². The Kier molecular flexibility index (Phi) is 62.1. The van der Waals surface area contributed by atoms with Gasteiger partial charge >= 0.3 is 17.9 Å². The summed E-state index contributed by atoms with van der Waals surface area (Å²) in [6.07, 6.45) is 75.5. The molecule has 0 spiro atoms. The van der Waals surface area contributed by atoms with Crippen molar-refractivity contribution in [1.82, 2.24) is 0 Å². The molecule has 0 aliphatic rings.